The molecule has 0 bridgehead atoms. The van der Waals surface area contributed by atoms with Gasteiger partial charge in [-0.2, -0.15) is 0 Å². The predicted molar refractivity (Wildman–Crippen MR) is 114 cm³/mol. The van der Waals surface area contributed by atoms with Crippen LogP contribution in [0.1, 0.15) is 12.5 Å². The Labute approximate surface area is 171 Å². The summed E-state index contributed by atoms with van der Waals surface area (Å²) in [7, 11) is 3.19. The number of rotatable bonds is 5. The van der Waals surface area contributed by atoms with E-state index in [2.05, 4.69) is 20.9 Å². The van der Waals surface area contributed by atoms with Gasteiger partial charge in [0.1, 0.15) is 11.5 Å². The number of ether oxygens (including phenoxy) is 2. The molecule has 0 unspecified atom stereocenters. The zero-order valence-electron chi connectivity index (χ0n) is 15.2. The summed E-state index contributed by atoms with van der Waals surface area (Å²) < 4.78 is 11.5. The average Bonchev–Trinajstić information content (AvgIpc) is 2.97. The van der Waals surface area contributed by atoms with Crippen LogP contribution in [0, 0.1) is 0 Å². The second-order valence-corrected chi connectivity index (χ2v) is 7.48. The van der Waals surface area contributed by atoms with Crippen LogP contribution in [0.2, 0.25) is 0 Å². The lowest BCUT2D eigenvalue weighted by Gasteiger charge is -2.12. The van der Waals surface area contributed by atoms with Crippen molar-refractivity contribution >= 4 is 50.5 Å². The number of methoxy groups -OCH3 is 2. The van der Waals surface area contributed by atoms with Gasteiger partial charge in [-0.05, 0) is 58.9 Å². The minimum atomic E-state index is -0.0637. The van der Waals surface area contributed by atoms with Crippen molar-refractivity contribution < 1.29 is 14.3 Å². The van der Waals surface area contributed by atoms with E-state index in [-0.39, 0.29) is 5.91 Å². The van der Waals surface area contributed by atoms with Crippen LogP contribution >= 0.6 is 27.7 Å². The van der Waals surface area contributed by atoms with Crippen LogP contribution in [0.15, 0.2) is 56.8 Å². The summed E-state index contributed by atoms with van der Waals surface area (Å²) >= 11 is 4.84. The first kappa shape index (κ1) is 19.5. The Kier molecular flexibility index (Phi) is 6.23. The number of halogens is 1. The zero-order valence-corrected chi connectivity index (χ0v) is 17.6. The molecule has 3 rings (SSSR count). The molecule has 5 nitrogen and oxygen atoms in total. The summed E-state index contributed by atoms with van der Waals surface area (Å²) in [6.07, 6.45) is 1.83. The molecule has 0 N–H and O–H groups in total. The van der Waals surface area contributed by atoms with Gasteiger partial charge in [-0.25, -0.2) is 4.99 Å². The second-order valence-electron chi connectivity index (χ2n) is 5.62. The standard InChI is InChI=1S/C20H19BrN2O3S/c1-4-23-19(24)18(27-20(23)22-14-8-6-5-7-9-14)11-13-10-15(21)17(26-3)12-16(13)25-2/h5-12H,4H2,1-3H3/b18-11-,22-20?. The molecule has 1 saturated heterocycles. The van der Waals surface area contributed by atoms with E-state index in [0.29, 0.717) is 28.1 Å². The second kappa shape index (κ2) is 8.63. The highest BCUT2D eigenvalue weighted by molar-refractivity contribution is 9.10. The molecule has 1 amide bonds. The maximum atomic E-state index is 12.8. The first-order chi connectivity index (χ1) is 13.1. The molecule has 1 aliphatic heterocycles. The number of benzene rings is 2. The van der Waals surface area contributed by atoms with Crippen LogP contribution in [0.3, 0.4) is 0 Å². The third kappa shape index (κ3) is 4.20. The van der Waals surface area contributed by atoms with Crippen molar-refractivity contribution in [2.75, 3.05) is 20.8 Å². The van der Waals surface area contributed by atoms with Gasteiger partial charge in [0, 0.05) is 18.2 Å². The van der Waals surface area contributed by atoms with E-state index in [1.807, 2.05) is 49.4 Å². The molecular formula is C20H19BrN2O3S. The number of carbonyl (C=O) groups excluding carboxylic acids is 1. The average molecular weight is 447 g/mol. The van der Waals surface area contributed by atoms with Crippen molar-refractivity contribution in [3.8, 4) is 11.5 Å². The Bertz CT molecular complexity index is 913. The van der Waals surface area contributed by atoms with Crippen molar-refractivity contribution in [2.45, 2.75) is 6.92 Å². The summed E-state index contributed by atoms with van der Waals surface area (Å²) in [5, 5.41) is 0.673. The number of carbonyl (C=O) groups is 1. The monoisotopic (exact) mass is 446 g/mol. The van der Waals surface area contributed by atoms with Gasteiger partial charge in [-0.15, -0.1) is 0 Å². The highest BCUT2D eigenvalue weighted by Crippen LogP contribution is 2.38. The molecule has 0 aromatic heterocycles. The molecule has 1 aliphatic rings. The molecule has 27 heavy (non-hydrogen) atoms. The van der Waals surface area contributed by atoms with E-state index in [1.165, 1.54) is 11.8 Å². The number of amides is 1. The third-order valence-corrected chi connectivity index (χ3v) is 5.60. The van der Waals surface area contributed by atoms with Crippen LogP contribution in [0.5, 0.6) is 11.5 Å². The molecule has 0 aliphatic carbocycles. The number of hydrogen-bond donors (Lipinski definition) is 0. The topological polar surface area (TPSA) is 51.1 Å². The van der Waals surface area contributed by atoms with E-state index in [9.17, 15) is 4.79 Å². The Morgan fingerprint density at radius 3 is 2.48 bits per heavy atom. The van der Waals surface area contributed by atoms with Gasteiger partial charge in [0.25, 0.3) is 5.91 Å². The van der Waals surface area contributed by atoms with Gasteiger partial charge >= 0.3 is 0 Å². The molecular weight excluding hydrogens is 428 g/mol. The molecule has 0 atom stereocenters. The van der Waals surface area contributed by atoms with Gasteiger partial charge in [-0.1, -0.05) is 18.2 Å². The summed E-state index contributed by atoms with van der Waals surface area (Å²) in [6, 6.07) is 13.3. The SMILES string of the molecule is CCN1C(=O)/C(=C/c2cc(Br)c(OC)cc2OC)SC1=Nc1ccccc1. The Morgan fingerprint density at radius 1 is 1.15 bits per heavy atom. The van der Waals surface area contributed by atoms with Crippen molar-refractivity contribution in [3.05, 3.63) is 57.4 Å². The van der Waals surface area contributed by atoms with E-state index >= 15 is 0 Å². The molecule has 7 heteroatoms. The van der Waals surface area contributed by atoms with Gasteiger partial charge in [0.2, 0.25) is 0 Å². The first-order valence-electron chi connectivity index (χ1n) is 8.34. The summed E-state index contributed by atoms with van der Waals surface area (Å²) in [5.41, 5.74) is 1.61. The Hall–Kier alpha value is -2.25. The number of amidine groups is 1. The first-order valence-corrected chi connectivity index (χ1v) is 9.95. The number of hydrogen-bond acceptors (Lipinski definition) is 5. The van der Waals surface area contributed by atoms with Gasteiger partial charge < -0.3 is 9.47 Å². The molecule has 1 heterocycles. The number of nitrogens with zero attached hydrogens (tertiary/aromatic N) is 2. The van der Waals surface area contributed by atoms with Crippen LogP contribution in [-0.4, -0.2) is 36.7 Å². The quantitative estimate of drug-likeness (QED) is 0.600. The van der Waals surface area contributed by atoms with Crippen molar-refractivity contribution in [3.63, 3.8) is 0 Å². The lowest BCUT2D eigenvalue weighted by Crippen LogP contribution is -2.28. The molecule has 1 fully saturated rings. The van der Waals surface area contributed by atoms with Crippen LogP contribution in [-0.2, 0) is 4.79 Å². The fourth-order valence-corrected chi connectivity index (χ4v) is 4.20. The van der Waals surface area contributed by atoms with Crippen LogP contribution in [0.25, 0.3) is 6.08 Å². The van der Waals surface area contributed by atoms with E-state index in [1.54, 1.807) is 25.2 Å². The summed E-state index contributed by atoms with van der Waals surface area (Å²) in [4.78, 5) is 19.7. The minimum Gasteiger partial charge on any atom is -0.496 e. The third-order valence-electron chi connectivity index (χ3n) is 3.98. The minimum absolute atomic E-state index is 0.0637. The maximum absolute atomic E-state index is 12.8. The lowest BCUT2D eigenvalue weighted by molar-refractivity contribution is -0.122. The molecule has 0 spiro atoms. The Morgan fingerprint density at radius 2 is 1.85 bits per heavy atom. The van der Waals surface area contributed by atoms with Gasteiger partial charge in [-0.3, -0.25) is 9.69 Å². The van der Waals surface area contributed by atoms with Crippen molar-refractivity contribution in [1.29, 1.82) is 0 Å². The van der Waals surface area contributed by atoms with Gasteiger partial charge in [0.05, 0.1) is 29.3 Å². The summed E-state index contributed by atoms with van der Waals surface area (Å²) in [5.74, 6) is 1.24. The van der Waals surface area contributed by atoms with Crippen LogP contribution < -0.4 is 9.47 Å². The van der Waals surface area contributed by atoms with Crippen LogP contribution in [0.4, 0.5) is 5.69 Å². The molecule has 2 aromatic carbocycles. The molecule has 140 valence electrons. The highest BCUT2D eigenvalue weighted by atomic mass is 79.9. The number of aliphatic imine (C=N–C) groups is 1. The molecule has 2 aromatic rings. The van der Waals surface area contributed by atoms with E-state index < -0.39 is 0 Å². The number of likely N-dealkylation sites (N-methyl/N-ethyl adjacent to an activating group) is 1. The number of para-hydroxylation sites is 1. The fourth-order valence-electron chi connectivity index (χ4n) is 2.62. The van der Waals surface area contributed by atoms with Gasteiger partial charge in [0.15, 0.2) is 5.17 Å². The highest BCUT2D eigenvalue weighted by Gasteiger charge is 2.32. The smallest absolute Gasteiger partial charge is 0.266 e. The van der Waals surface area contributed by atoms with Crippen molar-refractivity contribution in [1.82, 2.24) is 4.90 Å². The number of thioether (sulfide) groups is 1. The normalized spacial score (nSPS) is 17.0. The lowest BCUT2D eigenvalue weighted by atomic mass is 10.1. The Balaban J connectivity index is 1.99. The van der Waals surface area contributed by atoms with E-state index in [0.717, 1.165) is 15.7 Å². The van der Waals surface area contributed by atoms with Crippen molar-refractivity contribution in [2.24, 2.45) is 4.99 Å². The summed E-state index contributed by atoms with van der Waals surface area (Å²) in [6.45, 7) is 2.49. The fraction of sp³-hybridized carbons (Fsp3) is 0.200. The molecule has 0 saturated carbocycles. The largest absolute Gasteiger partial charge is 0.496 e. The zero-order chi connectivity index (χ0) is 19.4. The predicted octanol–water partition coefficient (Wildman–Crippen LogP) is 5.09. The maximum Gasteiger partial charge on any atom is 0.266 e. The van der Waals surface area contributed by atoms with E-state index in [4.69, 9.17) is 9.47 Å². The molecule has 0 radical (unpaired) electrons.